The van der Waals surface area contributed by atoms with Gasteiger partial charge in [0.15, 0.2) is 0 Å². The highest BCUT2D eigenvalue weighted by molar-refractivity contribution is 7.91. The van der Waals surface area contributed by atoms with Crippen LogP contribution in [0.5, 0.6) is 5.75 Å². The molecule has 0 unspecified atom stereocenters. The van der Waals surface area contributed by atoms with Crippen LogP contribution in [0.4, 0.5) is 5.69 Å². The number of ether oxygens (including phenoxy) is 1. The molecule has 2 heterocycles. The number of fused-ring (bicyclic) bond motifs is 3. The summed E-state index contributed by atoms with van der Waals surface area (Å²) in [6.07, 6.45) is 2.16. The lowest BCUT2D eigenvalue weighted by atomic mass is 9.91. The molecular formula is C21H26N2O3S. The summed E-state index contributed by atoms with van der Waals surface area (Å²) in [7, 11) is 2.25. The van der Waals surface area contributed by atoms with Gasteiger partial charge in [-0.2, -0.15) is 0 Å². The van der Waals surface area contributed by atoms with E-state index in [0.717, 1.165) is 25.9 Å². The molecule has 0 radical (unpaired) electrons. The topological polar surface area (TPSA) is 49.9 Å². The molecule has 0 aliphatic carbocycles. The lowest BCUT2D eigenvalue weighted by molar-refractivity contribution is 0.345. The van der Waals surface area contributed by atoms with Crippen molar-refractivity contribution in [2.45, 2.75) is 34.6 Å². The Hall–Kier alpha value is -2.05. The van der Waals surface area contributed by atoms with Crippen molar-refractivity contribution in [3.05, 3.63) is 48.0 Å². The van der Waals surface area contributed by atoms with E-state index >= 15 is 0 Å². The summed E-state index contributed by atoms with van der Waals surface area (Å²) in [5, 5.41) is 0. The van der Waals surface area contributed by atoms with Gasteiger partial charge < -0.3 is 14.5 Å². The minimum Gasteiger partial charge on any atom is -0.497 e. The van der Waals surface area contributed by atoms with E-state index in [1.165, 1.54) is 11.3 Å². The van der Waals surface area contributed by atoms with Crippen molar-refractivity contribution in [3.63, 3.8) is 0 Å². The molecule has 0 bridgehead atoms. The zero-order valence-electron chi connectivity index (χ0n) is 16.1. The van der Waals surface area contributed by atoms with E-state index in [4.69, 9.17) is 4.74 Å². The van der Waals surface area contributed by atoms with E-state index in [1.54, 1.807) is 37.4 Å². The number of benzene rings is 2. The quantitative estimate of drug-likeness (QED) is 0.811. The van der Waals surface area contributed by atoms with Crippen LogP contribution >= 0.6 is 0 Å². The molecule has 0 N–H and O–H groups in total. The van der Waals surface area contributed by atoms with Crippen LogP contribution in [0.1, 0.15) is 24.3 Å². The highest BCUT2D eigenvalue weighted by Gasteiger charge is 2.38. The van der Waals surface area contributed by atoms with Gasteiger partial charge in [-0.3, -0.25) is 0 Å². The van der Waals surface area contributed by atoms with Gasteiger partial charge >= 0.3 is 0 Å². The number of methoxy groups -OCH3 is 1. The highest BCUT2D eigenvalue weighted by atomic mass is 32.2. The van der Waals surface area contributed by atoms with E-state index in [9.17, 15) is 8.42 Å². The van der Waals surface area contributed by atoms with Gasteiger partial charge in [-0.15, -0.1) is 0 Å². The second-order valence-corrected chi connectivity index (χ2v) is 9.52. The van der Waals surface area contributed by atoms with E-state index in [2.05, 4.69) is 23.9 Å². The molecule has 2 atom stereocenters. The molecule has 4 rings (SSSR count). The van der Waals surface area contributed by atoms with Gasteiger partial charge in [0.05, 0.1) is 16.9 Å². The highest BCUT2D eigenvalue weighted by Crippen LogP contribution is 2.45. The van der Waals surface area contributed by atoms with Gasteiger partial charge in [0.2, 0.25) is 9.84 Å². The van der Waals surface area contributed by atoms with Crippen molar-refractivity contribution in [1.82, 2.24) is 4.90 Å². The minimum absolute atomic E-state index is 0.269. The summed E-state index contributed by atoms with van der Waals surface area (Å²) in [6, 6.07) is 12.7. The summed E-state index contributed by atoms with van der Waals surface area (Å²) >= 11 is 0. The predicted molar refractivity (Wildman–Crippen MR) is 107 cm³/mol. The smallest absolute Gasteiger partial charge is 0.206 e. The van der Waals surface area contributed by atoms with E-state index in [-0.39, 0.29) is 4.90 Å². The molecule has 0 saturated carbocycles. The maximum absolute atomic E-state index is 13.2. The van der Waals surface area contributed by atoms with Crippen LogP contribution < -0.4 is 9.64 Å². The molecule has 0 aromatic heterocycles. The van der Waals surface area contributed by atoms with Crippen LogP contribution in [0.2, 0.25) is 0 Å². The fourth-order valence-corrected chi connectivity index (χ4v) is 5.78. The Kier molecular flexibility index (Phi) is 4.64. The Labute approximate surface area is 161 Å². The van der Waals surface area contributed by atoms with Gasteiger partial charge in [-0.05, 0) is 74.9 Å². The van der Waals surface area contributed by atoms with E-state index in [0.29, 0.717) is 22.6 Å². The van der Waals surface area contributed by atoms with Gasteiger partial charge in [0.25, 0.3) is 0 Å². The molecule has 0 spiro atoms. The summed E-state index contributed by atoms with van der Waals surface area (Å²) in [5.41, 5.74) is 2.33. The van der Waals surface area contributed by atoms with Crippen molar-refractivity contribution in [2.75, 3.05) is 39.2 Å². The Morgan fingerprint density at radius 2 is 1.74 bits per heavy atom. The fraction of sp³-hybridized carbons (Fsp3) is 0.429. The molecule has 2 aromatic rings. The van der Waals surface area contributed by atoms with Crippen LogP contribution in [0.15, 0.2) is 52.3 Å². The van der Waals surface area contributed by atoms with Crippen molar-refractivity contribution in [1.29, 1.82) is 0 Å². The number of sulfone groups is 1. The van der Waals surface area contributed by atoms with Crippen molar-refractivity contribution >= 4 is 15.5 Å². The monoisotopic (exact) mass is 386 g/mol. The number of hydrogen-bond donors (Lipinski definition) is 0. The maximum atomic E-state index is 13.2. The van der Waals surface area contributed by atoms with Crippen LogP contribution in [-0.2, 0) is 9.84 Å². The molecule has 1 fully saturated rings. The number of hydrogen-bond acceptors (Lipinski definition) is 5. The number of anilines is 1. The first kappa shape index (κ1) is 18.3. The first-order valence-electron chi connectivity index (χ1n) is 9.36. The third-order valence-electron chi connectivity index (χ3n) is 6.03. The Bertz CT molecular complexity index is 958. The van der Waals surface area contributed by atoms with Crippen LogP contribution in [0, 0.1) is 0 Å². The zero-order chi connectivity index (χ0) is 19.2. The Morgan fingerprint density at radius 1 is 1.00 bits per heavy atom. The third kappa shape index (κ3) is 3.11. The van der Waals surface area contributed by atoms with Crippen molar-refractivity contribution in [2.24, 2.45) is 0 Å². The number of nitrogens with zero attached hydrogens (tertiary/aromatic N) is 2. The van der Waals surface area contributed by atoms with Crippen molar-refractivity contribution in [3.8, 4) is 5.75 Å². The summed E-state index contributed by atoms with van der Waals surface area (Å²) in [6.45, 7) is 2.12. The summed E-state index contributed by atoms with van der Waals surface area (Å²) in [4.78, 5) is 5.33. The van der Waals surface area contributed by atoms with Crippen LogP contribution in [0.25, 0.3) is 0 Å². The molecule has 1 saturated heterocycles. The predicted octanol–water partition coefficient (Wildman–Crippen LogP) is 3.16. The summed E-state index contributed by atoms with van der Waals surface area (Å²) < 4.78 is 31.6. The molecule has 0 amide bonds. The average Bonchev–Trinajstić information content (AvgIpc) is 2.81. The average molecular weight is 387 g/mol. The van der Waals surface area contributed by atoms with Gasteiger partial charge in [0, 0.05) is 24.7 Å². The Morgan fingerprint density at radius 3 is 2.52 bits per heavy atom. The lowest BCUT2D eigenvalue weighted by Gasteiger charge is -2.25. The van der Waals surface area contributed by atoms with Gasteiger partial charge in [-0.1, -0.05) is 6.07 Å². The molecule has 2 aliphatic heterocycles. The van der Waals surface area contributed by atoms with Crippen molar-refractivity contribution < 1.29 is 13.2 Å². The second kappa shape index (κ2) is 6.84. The lowest BCUT2D eigenvalue weighted by Crippen LogP contribution is -2.31. The summed E-state index contributed by atoms with van der Waals surface area (Å²) in [5.74, 6) is 0.930. The number of likely N-dealkylation sites (N-methyl/N-ethyl adjacent to an activating group) is 1. The molecule has 27 heavy (non-hydrogen) atoms. The molecule has 6 heteroatoms. The van der Waals surface area contributed by atoms with E-state index in [1.807, 2.05) is 12.1 Å². The normalized spacial score (nSPS) is 22.9. The first-order valence-corrected chi connectivity index (χ1v) is 10.8. The minimum atomic E-state index is -3.58. The second-order valence-electron chi connectivity index (χ2n) is 7.57. The Balaban J connectivity index is 1.75. The molecular weight excluding hydrogens is 360 g/mol. The van der Waals surface area contributed by atoms with Gasteiger partial charge in [-0.25, -0.2) is 8.42 Å². The molecule has 144 valence electrons. The molecule has 2 aliphatic rings. The van der Waals surface area contributed by atoms with Crippen LogP contribution in [-0.4, -0.2) is 53.7 Å². The number of rotatable bonds is 3. The molecule has 2 aromatic carbocycles. The van der Waals surface area contributed by atoms with Crippen LogP contribution in [0.3, 0.4) is 0 Å². The largest absolute Gasteiger partial charge is 0.497 e. The fourth-order valence-electron chi connectivity index (χ4n) is 4.44. The SMILES string of the molecule is COc1cccc(S(=O)(=O)c2ccc3c(c2)[C@@H]2CCN(C)CC[C@@H]2N3C)c1. The zero-order valence-corrected chi connectivity index (χ0v) is 16.9. The third-order valence-corrected chi connectivity index (χ3v) is 7.78. The number of likely N-dealkylation sites (tertiary alicyclic amines) is 1. The standard InChI is InChI=1S/C21H26N2O3S/c1-22-11-9-18-19-14-17(7-8-20(19)23(2)21(18)10-12-22)27(24,25)16-6-4-5-15(13-16)26-3/h4-8,13-14,18,21H,9-12H2,1-3H3/t18-,21-/m0/s1. The van der Waals surface area contributed by atoms with E-state index < -0.39 is 9.84 Å². The molecule has 5 nitrogen and oxygen atoms in total. The maximum Gasteiger partial charge on any atom is 0.206 e. The first-order chi connectivity index (χ1) is 12.9. The van der Waals surface area contributed by atoms with Gasteiger partial charge in [0.1, 0.15) is 5.75 Å².